The van der Waals surface area contributed by atoms with Crippen LogP contribution in [0.15, 0.2) is 46.5 Å². The Morgan fingerprint density at radius 2 is 1.96 bits per heavy atom. The smallest absolute Gasteiger partial charge is 0.336 e. The summed E-state index contributed by atoms with van der Waals surface area (Å²) in [6.45, 7) is 9.57. The molecule has 1 aromatic carbocycles. The molecule has 6 heteroatoms. The number of carboxylic acid groups (broad SMARTS) is 1. The van der Waals surface area contributed by atoms with Gasteiger partial charge in [0, 0.05) is 21.8 Å². The molecule has 26 heavy (non-hydrogen) atoms. The summed E-state index contributed by atoms with van der Waals surface area (Å²) in [7, 11) is 0. The normalized spacial score (nSPS) is 26.8. The third-order valence-corrected chi connectivity index (χ3v) is 6.51. The number of hydrogen-bond donors (Lipinski definition) is 2. The summed E-state index contributed by atoms with van der Waals surface area (Å²) in [4.78, 5) is 25.6. The van der Waals surface area contributed by atoms with E-state index in [0.717, 1.165) is 4.90 Å². The molecule has 4 unspecified atom stereocenters. The molecule has 1 aliphatic heterocycles. The number of carboxylic acids is 1. The minimum atomic E-state index is -0.915. The highest BCUT2D eigenvalue weighted by molar-refractivity contribution is 8.00. The highest BCUT2D eigenvalue weighted by Crippen LogP contribution is 2.43. The SMILES string of the molecule is CCOC(=O)C1=C(C)NC(C)(C(C)Sc2ccccc2)C(C(=O)O)C1C. The predicted octanol–water partition coefficient (Wildman–Crippen LogP) is 3.70. The van der Waals surface area contributed by atoms with Gasteiger partial charge in [0.1, 0.15) is 0 Å². The number of aliphatic carboxylic acids is 1. The Morgan fingerprint density at radius 1 is 1.35 bits per heavy atom. The van der Waals surface area contributed by atoms with Crippen molar-refractivity contribution in [1.29, 1.82) is 0 Å². The minimum absolute atomic E-state index is 0.0351. The lowest BCUT2D eigenvalue weighted by molar-refractivity contribution is -0.147. The Labute approximate surface area is 159 Å². The topological polar surface area (TPSA) is 75.6 Å². The maximum atomic E-state index is 12.3. The van der Waals surface area contributed by atoms with E-state index in [1.165, 1.54) is 0 Å². The number of carbonyl (C=O) groups excluding carboxylic acids is 1. The highest BCUT2D eigenvalue weighted by Gasteiger charge is 2.52. The van der Waals surface area contributed by atoms with Crippen LogP contribution in [0.5, 0.6) is 0 Å². The lowest BCUT2D eigenvalue weighted by Crippen LogP contribution is -2.62. The van der Waals surface area contributed by atoms with Crippen molar-refractivity contribution >= 4 is 23.7 Å². The fraction of sp³-hybridized carbons (Fsp3) is 0.500. The first-order chi connectivity index (χ1) is 12.2. The van der Waals surface area contributed by atoms with E-state index in [1.807, 2.05) is 51.1 Å². The van der Waals surface area contributed by atoms with Gasteiger partial charge < -0.3 is 15.2 Å². The molecule has 0 radical (unpaired) electrons. The van der Waals surface area contributed by atoms with Gasteiger partial charge >= 0.3 is 11.9 Å². The molecule has 5 nitrogen and oxygen atoms in total. The first kappa shape index (κ1) is 20.4. The third kappa shape index (κ3) is 3.90. The van der Waals surface area contributed by atoms with Gasteiger partial charge in [0.15, 0.2) is 0 Å². The Morgan fingerprint density at radius 3 is 2.50 bits per heavy atom. The number of thioether (sulfide) groups is 1. The van der Waals surface area contributed by atoms with Crippen LogP contribution in [0.4, 0.5) is 0 Å². The number of benzene rings is 1. The van der Waals surface area contributed by atoms with Crippen molar-refractivity contribution in [3.8, 4) is 0 Å². The van der Waals surface area contributed by atoms with Gasteiger partial charge in [-0.1, -0.05) is 32.0 Å². The number of hydrogen-bond acceptors (Lipinski definition) is 5. The Hall–Kier alpha value is -1.95. The van der Waals surface area contributed by atoms with Gasteiger partial charge in [-0.15, -0.1) is 11.8 Å². The minimum Gasteiger partial charge on any atom is -0.481 e. The lowest BCUT2D eigenvalue weighted by Gasteiger charge is -2.48. The molecule has 0 saturated carbocycles. The van der Waals surface area contributed by atoms with E-state index in [2.05, 4.69) is 5.32 Å². The summed E-state index contributed by atoms with van der Waals surface area (Å²) in [5.74, 6) is -2.56. The van der Waals surface area contributed by atoms with Crippen LogP contribution < -0.4 is 5.32 Å². The van der Waals surface area contributed by atoms with Crippen molar-refractivity contribution in [2.75, 3.05) is 6.61 Å². The van der Waals surface area contributed by atoms with E-state index in [0.29, 0.717) is 11.3 Å². The molecule has 2 N–H and O–H groups in total. The van der Waals surface area contributed by atoms with Crippen LogP contribution in [-0.2, 0) is 14.3 Å². The summed E-state index contributed by atoms with van der Waals surface area (Å²) in [6, 6.07) is 9.91. The molecular weight excluding hydrogens is 350 g/mol. The quantitative estimate of drug-likeness (QED) is 0.581. The predicted molar refractivity (Wildman–Crippen MR) is 103 cm³/mol. The number of ether oxygens (including phenoxy) is 1. The van der Waals surface area contributed by atoms with E-state index in [-0.39, 0.29) is 11.9 Å². The first-order valence-electron chi connectivity index (χ1n) is 8.83. The van der Waals surface area contributed by atoms with Crippen LogP contribution in [-0.4, -0.2) is 34.4 Å². The maximum absolute atomic E-state index is 12.3. The molecule has 4 atom stereocenters. The zero-order valence-corrected chi connectivity index (χ0v) is 16.7. The van der Waals surface area contributed by atoms with Gasteiger partial charge in [-0.3, -0.25) is 4.79 Å². The van der Waals surface area contributed by atoms with E-state index in [9.17, 15) is 14.7 Å². The number of esters is 1. The number of allylic oxidation sites excluding steroid dienone is 1. The average Bonchev–Trinajstić information content (AvgIpc) is 2.55. The van der Waals surface area contributed by atoms with Crippen LogP contribution in [0.3, 0.4) is 0 Å². The zero-order valence-electron chi connectivity index (χ0n) is 15.9. The molecule has 0 aromatic heterocycles. The number of nitrogens with one attached hydrogen (secondary N) is 1. The van der Waals surface area contributed by atoms with Crippen molar-refractivity contribution in [3.05, 3.63) is 41.6 Å². The molecular formula is C20H27NO4S. The third-order valence-electron chi connectivity index (χ3n) is 5.12. The largest absolute Gasteiger partial charge is 0.481 e. The molecule has 0 fully saturated rings. The second kappa shape index (κ2) is 8.16. The fourth-order valence-corrected chi connectivity index (χ4v) is 4.95. The number of carbonyl (C=O) groups is 2. The fourth-order valence-electron chi connectivity index (χ4n) is 3.77. The van der Waals surface area contributed by atoms with Crippen LogP contribution in [0.1, 0.15) is 34.6 Å². The average molecular weight is 378 g/mol. The van der Waals surface area contributed by atoms with Crippen molar-refractivity contribution < 1.29 is 19.4 Å². The molecule has 1 aromatic rings. The molecule has 1 aliphatic rings. The van der Waals surface area contributed by atoms with Crippen LogP contribution in [0.25, 0.3) is 0 Å². The maximum Gasteiger partial charge on any atom is 0.336 e. The Bertz CT molecular complexity index is 703. The van der Waals surface area contributed by atoms with Crippen LogP contribution in [0.2, 0.25) is 0 Å². The Balaban J connectivity index is 2.40. The van der Waals surface area contributed by atoms with E-state index >= 15 is 0 Å². The summed E-state index contributed by atoms with van der Waals surface area (Å²) in [5, 5.41) is 13.3. The summed E-state index contributed by atoms with van der Waals surface area (Å²) in [6.07, 6.45) is 0. The van der Waals surface area contributed by atoms with Gasteiger partial charge in [0.2, 0.25) is 0 Å². The van der Waals surface area contributed by atoms with Crippen LogP contribution in [0, 0.1) is 11.8 Å². The molecule has 0 amide bonds. The monoisotopic (exact) mass is 377 g/mol. The van der Waals surface area contributed by atoms with E-state index < -0.39 is 29.3 Å². The molecule has 2 rings (SSSR count). The summed E-state index contributed by atoms with van der Waals surface area (Å²) >= 11 is 1.63. The first-order valence-corrected chi connectivity index (χ1v) is 9.70. The molecule has 0 bridgehead atoms. The van der Waals surface area contributed by atoms with Crippen molar-refractivity contribution in [2.45, 2.75) is 50.3 Å². The number of rotatable bonds is 6. The lowest BCUT2D eigenvalue weighted by atomic mass is 9.69. The molecule has 0 spiro atoms. The second-order valence-corrected chi connectivity index (χ2v) is 8.26. The van der Waals surface area contributed by atoms with E-state index in [1.54, 1.807) is 25.6 Å². The zero-order chi connectivity index (χ0) is 19.5. The highest BCUT2D eigenvalue weighted by atomic mass is 32.2. The molecule has 142 valence electrons. The molecule has 1 heterocycles. The van der Waals surface area contributed by atoms with Crippen molar-refractivity contribution in [1.82, 2.24) is 5.32 Å². The Kier molecular flexibility index (Phi) is 6.39. The van der Waals surface area contributed by atoms with Gasteiger partial charge in [-0.05, 0) is 32.9 Å². The standard InChI is InChI=1S/C20H27NO4S/c1-6-25-19(24)16-12(2)17(18(22)23)20(5,21-13(16)3)14(4)26-15-10-8-7-9-11-15/h7-12,14,17,21H,6H2,1-5H3,(H,22,23). The van der Waals surface area contributed by atoms with Gasteiger partial charge in [-0.25, -0.2) is 4.79 Å². The summed E-state index contributed by atoms with van der Waals surface area (Å²) in [5.41, 5.74) is 0.399. The van der Waals surface area contributed by atoms with Gasteiger partial charge in [0.25, 0.3) is 0 Å². The van der Waals surface area contributed by atoms with Crippen molar-refractivity contribution in [2.24, 2.45) is 11.8 Å². The van der Waals surface area contributed by atoms with Crippen LogP contribution >= 0.6 is 11.8 Å². The van der Waals surface area contributed by atoms with Crippen molar-refractivity contribution in [3.63, 3.8) is 0 Å². The second-order valence-electron chi connectivity index (χ2n) is 6.84. The van der Waals surface area contributed by atoms with E-state index in [4.69, 9.17) is 4.74 Å². The van der Waals surface area contributed by atoms with Gasteiger partial charge in [0.05, 0.1) is 23.6 Å². The molecule has 0 aliphatic carbocycles. The van der Waals surface area contributed by atoms with Gasteiger partial charge in [-0.2, -0.15) is 0 Å². The molecule has 0 saturated heterocycles. The summed E-state index contributed by atoms with van der Waals surface area (Å²) < 4.78 is 5.14.